The van der Waals surface area contributed by atoms with Crippen molar-refractivity contribution in [3.05, 3.63) is 0 Å². The Morgan fingerprint density at radius 2 is 2.12 bits per heavy atom. The molecule has 6 nitrogen and oxygen atoms in total. The topological polar surface area (TPSA) is 60.0 Å². The van der Waals surface area contributed by atoms with Gasteiger partial charge in [0.2, 0.25) is 5.91 Å². The van der Waals surface area contributed by atoms with Crippen molar-refractivity contribution in [2.75, 3.05) is 40.3 Å². The third-order valence-electron chi connectivity index (χ3n) is 5.04. The highest BCUT2D eigenvalue weighted by atomic mass is 16.2. The summed E-state index contributed by atoms with van der Waals surface area (Å²) in [6.45, 7) is 8.66. The van der Waals surface area contributed by atoms with Crippen molar-refractivity contribution in [3.8, 4) is 0 Å². The van der Waals surface area contributed by atoms with Crippen LogP contribution in [0.4, 0.5) is 0 Å². The lowest BCUT2D eigenvalue weighted by Gasteiger charge is -2.37. The number of rotatable bonds is 5. The van der Waals surface area contributed by atoms with E-state index in [-0.39, 0.29) is 11.9 Å². The highest BCUT2D eigenvalue weighted by Gasteiger charge is 2.25. The Kier molecular flexibility index (Phi) is 7.34. The summed E-state index contributed by atoms with van der Waals surface area (Å²) in [6.07, 6.45) is 5.40. The summed E-state index contributed by atoms with van der Waals surface area (Å²) in [5, 5.41) is 6.99. The Morgan fingerprint density at radius 3 is 2.79 bits per heavy atom. The normalized spacial score (nSPS) is 26.8. The minimum atomic E-state index is 0.238. The number of guanidine groups is 1. The maximum Gasteiger partial charge on any atom is 0.222 e. The van der Waals surface area contributed by atoms with Crippen LogP contribution in [-0.4, -0.2) is 74.0 Å². The van der Waals surface area contributed by atoms with Crippen LogP contribution in [0.3, 0.4) is 0 Å². The van der Waals surface area contributed by atoms with Gasteiger partial charge in [-0.1, -0.05) is 20.3 Å². The van der Waals surface area contributed by atoms with Crippen LogP contribution in [-0.2, 0) is 4.79 Å². The molecule has 2 aliphatic heterocycles. The number of piperidine rings is 2. The standard InChI is InChI=1S/C18H35N5O/c1-14(2)12-23-10-6-5-7-16(23)11-20-18(19-3)21-15-8-9-17(24)22(4)13-15/h14-16H,5-13H2,1-4H3,(H2,19,20,21). The summed E-state index contributed by atoms with van der Waals surface area (Å²) < 4.78 is 0. The first-order valence-corrected chi connectivity index (χ1v) is 9.44. The average molecular weight is 338 g/mol. The van der Waals surface area contributed by atoms with Gasteiger partial charge in [0.1, 0.15) is 0 Å². The molecular formula is C18H35N5O. The molecule has 0 bridgehead atoms. The number of carbonyl (C=O) groups excluding carboxylic acids is 1. The molecule has 2 saturated heterocycles. The number of hydrogen-bond donors (Lipinski definition) is 2. The number of aliphatic imine (C=N–C) groups is 1. The van der Waals surface area contributed by atoms with Gasteiger partial charge in [0.05, 0.1) is 0 Å². The zero-order valence-corrected chi connectivity index (χ0v) is 15.8. The van der Waals surface area contributed by atoms with Crippen molar-refractivity contribution in [2.45, 2.75) is 58.0 Å². The lowest BCUT2D eigenvalue weighted by atomic mass is 10.0. The molecule has 2 fully saturated rings. The Bertz CT molecular complexity index is 437. The number of carbonyl (C=O) groups is 1. The van der Waals surface area contributed by atoms with E-state index in [4.69, 9.17) is 0 Å². The van der Waals surface area contributed by atoms with Crippen LogP contribution in [0.15, 0.2) is 4.99 Å². The van der Waals surface area contributed by atoms with E-state index in [1.807, 2.05) is 14.1 Å². The fourth-order valence-corrected chi connectivity index (χ4v) is 3.73. The number of likely N-dealkylation sites (tertiary alicyclic amines) is 2. The van der Waals surface area contributed by atoms with Gasteiger partial charge in [-0.05, 0) is 31.7 Å². The van der Waals surface area contributed by atoms with Crippen molar-refractivity contribution in [1.29, 1.82) is 0 Å². The van der Waals surface area contributed by atoms with Crippen molar-refractivity contribution in [3.63, 3.8) is 0 Å². The predicted octanol–water partition coefficient (Wildman–Crippen LogP) is 1.28. The Labute approximate surface area is 147 Å². The van der Waals surface area contributed by atoms with Gasteiger partial charge in [0, 0.05) is 52.2 Å². The van der Waals surface area contributed by atoms with Crippen molar-refractivity contribution in [2.24, 2.45) is 10.9 Å². The number of nitrogens with zero attached hydrogens (tertiary/aromatic N) is 3. The Hall–Kier alpha value is -1.30. The first-order chi connectivity index (χ1) is 11.5. The summed E-state index contributed by atoms with van der Waals surface area (Å²) >= 11 is 0. The van der Waals surface area contributed by atoms with Gasteiger partial charge in [-0.2, -0.15) is 0 Å². The van der Waals surface area contributed by atoms with Crippen LogP contribution < -0.4 is 10.6 Å². The van der Waals surface area contributed by atoms with E-state index in [1.165, 1.54) is 32.4 Å². The van der Waals surface area contributed by atoms with Crippen molar-refractivity contribution < 1.29 is 4.79 Å². The number of nitrogens with one attached hydrogen (secondary N) is 2. The first-order valence-electron chi connectivity index (χ1n) is 9.44. The smallest absolute Gasteiger partial charge is 0.222 e. The fraction of sp³-hybridized carbons (Fsp3) is 0.889. The Morgan fingerprint density at radius 1 is 1.33 bits per heavy atom. The zero-order chi connectivity index (χ0) is 17.5. The largest absolute Gasteiger partial charge is 0.355 e. The summed E-state index contributed by atoms with van der Waals surface area (Å²) in [7, 11) is 3.69. The van der Waals surface area contributed by atoms with E-state index < -0.39 is 0 Å². The highest BCUT2D eigenvalue weighted by molar-refractivity contribution is 5.81. The number of likely N-dealkylation sites (N-methyl/N-ethyl adjacent to an activating group) is 1. The molecule has 2 aliphatic rings. The van der Waals surface area contributed by atoms with E-state index in [9.17, 15) is 4.79 Å². The lowest BCUT2D eigenvalue weighted by Crippen LogP contribution is -2.54. The number of hydrogen-bond acceptors (Lipinski definition) is 3. The van der Waals surface area contributed by atoms with Gasteiger partial charge >= 0.3 is 0 Å². The molecule has 0 radical (unpaired) electrons. The molecule has 0 aliphatic carbocycles. The second-order valence-electron chi connectivity index (χ2n) is 7.65. The average Bonchev–Trinajstić information content (AvgIpc) is 2.55. The van der Waals surface area contributed by atoms with Gasteiger partial charge in [0.15, 0.2) is 5.96 Å². The second-order valence-corrected chi connectivity index (χ2v) is 7.65. The number of amides is 1. The van der Waals surface area contributed by atoms with Crippen LogP contribution in [0.1, 0.15) is 46.0 Å². The molecule has 2 atom stereocenters. The van der Waals surface area contributed by atoms with E-state index in [0.717, 1.165) is 25.5 Å². The molecule has 1 amide bonds. The van der Waals surface area contributed by atoms with E-state index >= 15 is 0 Å². The summed E-state index contributed by atoms with van der Waals surface area (Å²) in [4.78, 5) is 20.4. The predicted molar refractivity (Wildman–Crippen MR) is 99.2 cm³/mol. The van der Waals surface area contributed by atoms with Gasteiger partial charge in [-0.15, -0.1) is 0 Å². The molecule has 0 aromatic heterocycles. The van der Waals surface area contributed by atoms with Crippen LogP contribution in [0.5, 0.6) is 0 Å². The van der Waals surface area contributed by atoms with Crippen molar-refractivity contribution in [1.82, 2.24) is 20.4 Å². The van der Waals surface area contributed by atoms with Gasteiger partial charge in [0.25, 0.3) is 0 Å². The first kappa shape index (κ1) is 19.0. The van der Waals surface area contributed by atoms with Crippen LogP contribution in [0.25, 0.3) is 0 Å². The van der Waals surface area contributed by atoms with Gasteiger partial charge in [-0.3, -0.25) is 14.7 Å². The van der Waals surface area contributed by atoms with Crippen LogP contribution in [0, 0.1) is 5.92 Å². The molecule has 24 heavy (non-hydrogen) atoms. The highest BCUT2D eigenvalue weighted by Crippen LogP contribution is 2.18. The minimum absolute atomic E-state index is 0.238. The molecule has 2 unspecified atom stereocenters. The molecule has 0 aromatic rings. The molecular weight excluding hydrogens is 302 g/mol. The van der Waals surface area contributed by atoms with Gasteiger partial charge in [-0.25, -0.2) is 0 Å². The SMILES string of the molecule is CN=C(NCC1CCCCN1CC(C)C)NC1CCC(=O)N(C)C1. The third-order valence-corrected chi connectivity index (χ3v) is 5.04. The third kappa shape index (κ3) is 5.65. The van der Waals surface area contributed by atoms with Crippen LogP contribution in [0.2, 0.25) is 0 Å². The fourth-order valence-electron chi connectivity index (χ4n) is 3.73. The molecule has 2 N–H and O–H groups in total. The molecule has 0 aromatic carbocycles. The molecule has 6 heteroatoms. The quantitative estimate of drug-likeness (QED) is 0.586. The summed E-state index contributed by atoms with van der Waals surface area (Å²) in [6, 6.07) is 0.882. The van der Waals surface area contributed by atoms with E-state index in [2.05, 4.69) is 34.4 Å². The molecule has 2 rings (SSSR count). The summed E-state index contributed by atoms with van der Waals surface area (Å²) in [5.41, 5.74) is 0. The molecule has 138 valence electrons. The second kappa shape index (κ2) is 9.25. The monoisotopic (exact) mass is 337 g/mol. The maximum atomic E-state index is 11.6. The minimum Gasteiger partial charge on any atom is -0.355 e. The lowest BCUT2D eigenvalue weighted by molar-refractivity contribution is -0.132. The van der Waals surface area contributed by atoms with E-state index in [0.29, 0.717) is 18.4 Å². The molecule has 0 spiro atoms. The van der Waals surface area contributed by atoms with Crippen molar-refractivity contribution >= 4 is 11.9 Å². The zero-order valence-electron chi connectivity index (χ0n) is 15.8. The summed E-state index contributed by atoms with van der Waals surface area (Å²) in [5.74, 6) is 1.80. The Balaban J connectivity index is 1.81. The van der Waals surface area contributed by atoms with Gasteiger partial charge < -0.3 is 15.5 Å². The molecule has 0 saturated carbocycles. The van der Waals surface area contributed by atoms with Crippen LogP contribution >= 0.6 is 0 Å². The maximum absolute atomic E-state index is 11.6. The van der Waals surface area contributed by atoms with E-state index in [1.54, 1.807) is 4.90 Å². The molecule has 2 heterocycles.